The first-order valence-electron chi connectivity index (χ1n) is 8.59. The zero-order valence-corrected chi connectivity index (χ0v) is 15.2. The van der Waals surface area contributed by atoms with Gasteiger partial charge in [-0.25, -0.2) is 4.98 Å². The van der Waals surface area contributed by atoms with E-state index >= 15 is 0 Å². The number of hydrogen-bond donors (Lipinski definition) is 2. The summed E-state index contributed by atoms with van der Waals surface area (Å²) in [4.78, 5) is 19.9. The van der Waals surface area contributed by atoms with Crippen LogP contribution in [0.15, 0.2) is 54.6 Å². The van der Waals surface area contributed by atoms with Gasteiger partial charge in [0.25, 0.3) is 0 Å². The minimum Gasteiger partial charge on any atom is -0.355 e. The van der Waals surface area contributed by atoms with E-state index in [2.05, 4.69) is 34.3 Å². The summed E-state index contributed by atoms with van der Waals surface area (Å²) in [5, 5.41) is 3.15. The summed E-state index contributed by atoms with van der Waals surface area (Å²) in [6.07, 6.45) is 1.95. The first-order valence-corrected chi connectivity index (χ1v) is 9.64. The lowest BCUT2D eigenvalue weighted by atomic mass is 10.1. The fraction of sp³-hybridized carbons (Fsp3) is 0.300. The van der Waals surface area contributed by atoms with Gasteiger partial charge >= 0.3 is 0 Å². The van der Waals surface area contributed by atoms with Gasteiger partial charge in [0, 0.05) is 6.54 Å². The monoisotopic (exact) mass is 353 g/mol. The van der Waals surface area contributed by atoms with Gasteiger partial charge in [0.15, 0.2) is 0 Å². The highest BCUT2D eigenvalue weighted by molar-refractivity contribution is 8.00. The maximum Gasteiger partial charge on any atom is 0.230 e. The number of aromatic nitrogens is 2. The van der Waals surface area contributed by atoms with Crippen molar-refractivity contribution < 1.29 is 4.79 Å². The van der Waals surface area contributed by atoms with Crippen LogP contribution in [0.25, 0.3) is 11.0 Å². The Morgan fingerprint density at radius 2 is 1.92 bits per heavy atom. The molecule has 1 amide bonds. The van der Waals surface area contributed by atoms with Gasteiger partial charge in [0.05, 0.1) is 22.0 Å². The molecule has 1 unspecified atom stereocenters. The minimum atomic E-state index is 0.0843. The van der Waals surface area contributed by atoms with Gasteiger partial charge in [-0.1, -0.05) is 42.5 Å². The molecule has 130 valence electrons. The fourth-order valence-electron chi connectivity index (χ4n) is 2.66. The maximum absolute atomic E-state index is 12.0. The number of para-hydroxylation sites is 2. The number of imidazole rings is 1. The number of nitrogens with zero attached hydrogens (tertiary/aromatic N) is 1. The van der Waals surface area contributed by atoms with Crippen LogP contribution in [-0.4, -0.2) is 28.2 Å². The summed E-state index contributed by atoms with van der Waals surface area (Å²) in [6.45, 7) is 2.79. The highest BCUT2D eigenvalue weighted by Crippen LogP contribution is 2.27. The van der Waals surface area contributed by atoms with E-state index in [1.807, 2.05) is 42.5 Å². The van der Waals surface area contributed by atoms with Crippen molar-refractivity contribution in [3.05, 3.63) is 66.0 Å². The van der Waals surface area contributed by atoms with Crippen LogP contribution in [0, 0.1) is 0 Å². The van der Waals surface area contributed by atoms with Crippen molar-refractivity contribution in [3.63, 3.8) is 0 Å². The van der Waals surface area contributed by atoms with Crippen LogP contribution in [0.4, 0.5) is 0 Å². The van der Waals surface area contributed by atoms with E-state index < -0.39 is 0 Å². The van der Waals surface area contributed by atoms with Gasteiger partial charge in [0.1, 0.15) is 5.82 Å². The molecule has 0 aliphatic heterocycles. The van der Waals surface area contributed by atoms with Gasteiger partial charge < -0.3 is 10.3 Å². The molecule has 2 N–H and O–H groups in total. The Morgan fingerprint density at radius 3 is 2.72 bits per heavy atom. The van der Waals surface area contributed by atoms with Crippen LogP contribution in [0.1, 0.15) is 30.0 Å². The van der Waals surface area contributed by atoms with Gasteiger partial charge in [-0.15, -0.1) is 11.8 Å². The molecular weight excluding hydrogens is 330 g/mol. The van der Waals surface area contributed by atoms with Crippen LogP contribution in [0.2, 0.25) is 0 Å². The van der Waals surface area contributed by atoms with E-state index in [9.17, 15) is 4.79 Å². The number of aryl methyl sites for hydroxylation is 1. The standard InChI is InChI=1S/C20H23N3OS/c1-15(20-22-17-11-5-6-12-18(17)23-20)25-14-19(24)21-13-7-10-16-8-3-2-4-9-16/h2-6,8-9,11-12,15H,7,10,13-14H2,1H3,(H,21,24)(H,22,23). The number of rotatable bonds is 8. The second kappa shape index (κ2) is 8.72. The van der Waals surface area contributed by atoms with E-state index in [1.54, 1.807) is 11.8 Å². The number of H-pyrrole nitrogens is 1. The smallest absolute Gasteiger partial charge is 0.230 e. The second-order valence-electron chi connectivity index (χ2n) is 6.03. The van der Waals surface area contributed by atoms with E-state index in [-0.39, 0.29) is 11.2 Å². The van der Waals surface area contributed by atoms with Crippen LogP contribution in [-0.2, 0) is 11.2 Å². The molecule has 0 spiro atoms. The Bertz CT molecular complexity index is 783. The lowest BCUT2D eigenvalue weighted by Crippen LogP contribution is -2.26. The molecule has 0 fully saturated rings. The topological polar surface area (TPSA) is 57.8 Å². The summed E-state index contributed by atoms with van der Waals surface area (Å²) in [6, 6.07) is 18.3. The zero-order valence-electron chi connectivity index (χ0n) is 14.4. The molecule has 3 aromatic rings. The fourth-order valence-corrected chi connectivity index (χ4v) is 3.43. The summed E-state index contributed by atoms with van der Waals surface area (Å²) in [5.74, 6) is 1.45. The molecular formula is C20H23N3OS. The normalized spacial score (nSPS) is 12.2. The molecule has 3 rings (SSSR count). The molecule has 0 saturated carbocycles. The number of nitrogens with one attached hydrogen (secondary N) is 2. The minimum absolute atomic E-state index is 0.0843. The van der Waals surface area contributed by atoms with Gasteiger partial charge in [0.2, 0.25) is 5.91 Å². The molecule has 1 heterocycles. The molecule has 0 radical (unpaired) electrons. The van der Waals surface area contributed by atoms with Crippen LogP contribution in [0.3, 0.4) is 0 Å². The summed E-state index contributed by atoms with van der Waals surface area (Å²) in [5.41, 5.74) is 3.32. The number of hydrogen-bond acceptors (Lipinski definition) is 3. The third-order valence-electron chi connectivity index (χ3n) is 4.06. The Balaban J connectivity index is 1.38. The van der Waals surface area contributed by atoms with Crippen molar-refractivity contribution in [1.29, 1.82) is 0 Å². The number of carbonyl (C=O) groups is 1. The van der Waals surface area contributed by atoms with Crippen LogP contribution in [0.5, 0.6) is 0 Å². The van der Waals surface area contributed by atoms with E-state index in [0.29, 0.717) is 12.3 Å². The molecule has 1 aromatic heterocycles. The third-order valence-corrected chi connectivity index (χ3v) is 5.22. The number of carbonyl (C=O) groups excluding carboxylic acids is 1. The Hall–Kier alpha value is -2.27. The van der Waals surface area contributed by atoms with E-state index in [0.717, 1.165) is 29.7 Å². The molecule has 25 heavy (non-hydrogen) atoms. The van der Waals surface area contributed by atoms with Crippen LogP contribution < -0.4 is 5.32 Å². The molecule has 4 nitrogen and oxygen atoms in total. The molecule has 0 saturated heterocycles. The highest BCUT2D eigenvalue weighted by Gasteiger charge is 2.13. The predicted octanol–water partition coefficient (Wildman–Crippen LogP) is 4.11. The van der Waals surface area contributed by atoms with Crippen molar-refractivity contribution in [2.75, 3.05) is 12.3 Å². The van der Waals surface area contributed by atoms with E-state index in [4.69, 9.17) is 0 Å². The Morgan fingerprint density at radius 1 is 1.16 bits per heavy atom. The summed E-state index contributed by atoms with van der Waals surface area (Å²) < 4.78 is 0. The lowest BCUT2D eigenvalue weighted by Gasteiger charge is -2.09. The van der Waals surface area contributed by atoms with Crippen molar-refractivity contribution >= 4 is 28.7 Å². The predicted molar refractivity (Wildman–Crippen MR) is 105 cm³/mol. The largest absolute Gasteiger partial charge is 0.355 e. The highest BCUT2D eigenvalue weighted by atomic mass is 32.2. The van der Waals surface area contributed by atoms with Gasteiger partial charge in [-0.3, -0.25) is 4.79 Å². The quantitative estimate of drug-likeness (QED) is 0.599. The van der Waals surface area contributed by atoms with Crippen molar-refractivity contribution in [1.82, 2.24) is 15.3 Å². The molecule has 1 atom stereocenters. The Kier molecular flexibility index (Phi) is 6.12. The van der Waals surface area contributed by atoms with Crippen molar-refractivity contribution in [3.8, 4) is 0 Å². The number of benzene rings is 2. The summed E-state index contributed by atoms with van der Waals surface area (Å²) in [7, 11) is 0. The average molecular weight is 353 g/mol. The van der Waals surface area contributed by atoms with Gasteiger partial charge in [-0.05, 0) is 37.5 Å². The van der Waals surface area contributed by atoms with Crippen LogP contribution >= 0.6 is 11.8 Å². The summed E-state index contributed by atoms with van der Waals surface area (Å²) >= 11 is 1.60. The molecule has 0 aliphatic rings. The lowest BCUT2D eigenvalue weighted by molar-refractivity contribution is -0.118. The van der Waals surface area contributed by atoms with Crippen molar-refractivity contribution in [2.45, 2.75) is 25.0 Å². The van der Waals surface area contributed by atoms with Gasteiger partial charge in [-0.2, -0.15) is 0 Å². The maximum atomic E-state index is 12.0. The number of aromatic amines is 1. The first-order chi connectivity index (χ1) is 12.2. The van der Waals surface area contributed by atoms with E-state index in [1.165, 1.54) is 5.56 Å². The average Bonchev–Trinajstić information content (AvgIpc) is 3.08. The molecule has 5 heteroatoms. The number of thioether (sulfide) groups is 1. The SMILES string of the molecule is CC(SCC(=O)NCCCc1ccccc1)c1nc2ccccc2[nH]1. The zero-order chi connectivity index (χ0) is 17.5. The molecule has 2 aromatic carbocycles. The third kappa shape index (κ3) is 5.10. The number of amides is 1. The molecule has 0 aliphatic carbocycles. The molecule has 0 bridgehead atoms. The van der Waals surface area contributed by atoms with Crippen molar-refractivity contribution in [2.24, 2.45) is 0 Å². The first kappa shape index (κ1) is 17.5. The number of fused-ring (bicyclic) bond motifs is 1. The second-order valence-corrected chi connectivity index (χ2v) is 7.36. The Labute approximate surface area is 152 Å².